The minimum Gasteiger partial charge on any atom is -0.437 e. The molecule has 0 fully saturated rings. The number of nitrogens with one attached hydrogen (secondary N) is 2. The van der Waals surface area contributed by atoms with Gasteiger partial charge in [-0.25, -0.2) is 13.4 Å². The molecule has 0 aliphatic heterocycles. The molecule has 0 aliphatic carbocycles. The van der Waals surface area contributed by atoms with Crippen molar-refractivity contribution in [2.24, 2.45) is 0 Å². The van der Waals surface area contributed by atoms with Crippen molar-refractivity contribution in [3.8, 4) is 11.6 Å². The molecule has 0 saturated heterocycles. The molecule has 1 amide bonds. The van der Waals surface area contributed by atoms with Crippen LogP contribution in [0.15, 0.2) is 66.2 Å². The normalized spacial score (nSPS) is 11.5. The van der Waals surface area contributed by atoms with Crippen LogP contribution < -0.4 is 14.8 Å². The number of sulfonamides is 1. The van der Waals surface area contributed by atoms with Gasteiger partial charge in [-0.2, -0.15) is 13.2 Å². The van der Waals surface area contributed by atoms with E-state index in [1.54, 1.807) is 6.92 Å². The smallest absolute Gasteiger partial charge is 0.417 e. The number of Topliss-reactive ketones (excluding diaryl/α,β-unsaturated/α-hetero) is 1. The number of hydrogen-bond donors (Lipinski definition) is 2. The van der Waals surface area contributed by atoms with E-state index in [9.17, 15) is 31.2 Å². The van der Waals surface area contributed by atoms with E-state index >= 15 is 0 Å². The topological polar surface area (TPSA) is 114 Å². The second-order valence-electron chi connectivity index (χ2n) is 7.67. The number of carbonyl (C=O) groups excluding carboxylic acids is 2. The summed E-state index contributed by atoms with van der Waals surface area (Å²) in [5, 5.41) is 1.84. The number of nitrogens with zero attached hydrogens (tertiary/aromatic N) is 1. The molecule has 0 bridgehead atoms. The Hall–Kier alpha value is -3.90. The molecular formula is C24H19ClF3N3O5S. The lowest BCUT2D eigenvalue weighted by Gasteiger charge is -2.16. The van der Waals surface area contributed by atoms with Crippen LogP contribution >= 0.6 is 11.6 Å². The van der Waals surface area contributed by atoms with Crippen molar-refractivity contribution in [2.75, 3.05) is 10.0 Å². The molecule has 2 aromatic carbocycles. The second kappa shape index (κ2) is 10.6. The Bertz CT molecular complexity index is 1510. The summed E-state index contributed by atoms with van der Waals surface area (Å²) in [5.41, 5.74) is -0.661. The predicted octanol–water partition coefficient (Wildman–Crippen LogP) is 5.98. The molecule has 194 valence electrons. The summed E-state index contributed by atoms with van der Waals surface area (Å²) in [5.74, 6) is -1.10. The Morgan fingerprint density at radius 2 is 1.81 bits per heavy atom. The van der Waals surface area contributed by atoms with Gasteiger partial charge in [0, 0.05) is 11.8 Å². The molecule has 0 aliphatic rings. The summed E-state index contributed by atoms with van der Waals surface area (Å²) in [4.78, 5) is 27.1. The molecule has 1 aromatic heterocycles. The first-order valence-corrected chi connectivity index (χ1v) is 12.2. The van der Waals surface area contributed by atoms with Gasteiger partial charge in [0.25, 0.3) is 10.0 Å². The van der Waals surface area contributed by atoms with Crippen molar-refractivity contribution in [3.05, 3.63) is 83.0 Å². The van der Waals surface area contributed by atoms with Crippen LogP contribution in [-0.4, -0.2) is 25.1 Å². The number of ketones is 1. The highest BCUT2D eigenvalue weighted by Crippen LogP contribution is 2.37. The predicted molar refractivity (Wildman–Crippen MR) is 132 cm³/mol. The second-order valence-corrected chi connectivity index (χ2v) is 9.76. The third-order valence-electron chi connectivity index (χ3n) is 4.81. The number of benzene rings is 2. The van der Waals surface area contributed by atoms with Crippen LogP contribution in [0.25, 0.3) is 0 Å². The first kappa shape index (κ1) is 27.7. The molecule has 0 spiro atoms. The number of alkyl halides is 3. The molecule has 0 atom stereocenters. The lowest BCUT2D eigenvalue weighted by Crippen LogP contribution is -2.16. The van der Waals surface area contributed by atoms with Crippen molar-refractivity contribution in [3.63, 3.8) is 0 Å². The van der Waals surface area contributed by atoms with Gasteiger partial charge in [0.1, 0.15) is 11.4 Å². The SMILES string of the molecule is C=CC(=O)Nc1ccc(Oc2ncc(C)cc2NS(=O)(=O)c2ccc(Cl)c(C(F)(F)F)c2)cc1C(C)=O. The molecular weight excluding hydrogens is 535 g/mol. The Balaban J connectivity index is 1.98. The van der Waals surface area contributed by atoms with Gasteiger partial charge in [0.05, 0.1) is 21.2 Å². The molecule has 3 rings (SSSR count). The maximum Gasteiger partial charge on any atom is 0.417 e. The highest BCUT2D eigenvalue weighted by Gasteiger charge is 2.34. The maximum atomic E-state index is 13.2. The number of halogens is 4. The molecule has 2 N–H and O–H groups in total. The number of hydrogen-bond acceptors (Lipinski definition) is 6. The Labute approximate surface area is 215 Å². The number of carbonyl (C=O) groups is 2. The standard InChI is InChI=1S/C24H19ClF3N3O5S/c1-4-22(33)30-20-8-5-15(10-17(20)14(3)32)36-23-21(9-13(2)12-29-23)31-37(34,35)16-6-7-19(25)18(11-16)24(26,27)28/h4-12,31H,1H2,2-3H3,(H,30,33). The van der Waals surface area contributed by atoms with Gasteiger partial charge in [-0.1, -0.05) is 18.2 Å². The first-order valence-electron chi connectivity index (χ1n) is 10.3. The number of aryl methyl sites for hydroxylation is 1. The van der Waals surface area contributed by atoms with E-state index in [1.807, 2.05) is 0 Å². The average Bonchev–Trinajstić information content (AvgIpc) is 2.80. The lowest BCUT2D eigenvalue weighted by atomic mass is 10.1. The first-order chi connectivity index (χ1) is 17.2. The highest BCUT2D eigenvalue weighted by molar-refractivity contribution is 7.92. The van der Waals surface area contributed by atoms with Gasteiger partial charge >= 0.3 is 6.18 Å². The Kier molecular flexibility index (Phi) is 7.94. The number of amides is 1. The third-order valence-corrected chi connectivity index (χ3v) is 6.51. The zero-order chi connectivity index (χ0) is 27.5. The zero-order valence-electron chi connectivity index (χ0n) is 19.3. The summed E-state index contributed by atoms with van der Waals surface area (Å²) < 4.78 is 73.4. The highest BCUT2D eigenvalue weighted by atomic mass is 35.5. The molecule has 8 nitrogen and oxygen atoms in total. The lowest BCUT2D eigenvalue weighted by molar-refractivity contribution is -0.137. The number of ether oxygens (including phenoxy) is 1. The van der Waals surface area contributed by atoms with Crippen LogP contribution in [0.4, 0.5) is 24.5 Å². The van der Waals surface area contributed by atoms with Crippen molar-refractivity contribution in [2.45, 2.75) is 24.9 Å². The van der Waals surface area contributed by atoms with Gasteiger partial charge in [-0.3, -0.25) is 14.3 Å². The van der Waals surface area contributed by atoms with E-state index in [2.05, 4.69) is 21.6 Å². The van der Waals surface area contributed by atoms with E-state index < -0.39 is 43.4 Å². The molecule has 0 radical (unpaired) electrons. The van der Waals surface area contributed by atoms with E-state index in [-0.39, 0.29) is 28.6 Å². The summed E-state index contributed by atoms with van der Waals surface area (Å²) in [7, 11) is -4.53. The van der Waals surface area contributed by atoms with E-state index in [0.717, 1.165) is 18.2 Å². The fourth-order valence-corrected chi connectivity index (χ4v) is 4.38. The van der Waals surface area contributed by atoms with E-state index in [1.165, 1.54) is 37.4 Å². The average molecular weight is 554 g/mol. The Morgan fingerprint density at radius 3 is 2.43 bits per heavy atom. The van der Waals surface area contributed by atoms with Gasteiger partial charge in [-0.15, -0.1) is 0 Å². The summed E-state index contributed by atoms with van der Waals surface area (Å²) in [6.45, 7) is 6.23. The van der Waals surface area contributed by atoms with Crippen LogP contribution in [0.5, 0.6) is 11.6 Å². The minimum absolute atomic E-state index is 0.0736. The largest absolute Gasteiger partial charge is 0.437 e. The van der Waals surface area contributed by atoms with Crippen LogP contribution in [0, 0.1) is 6.92 Å². The molecule has 37 heavy (non-hydrogen) atoms. The minimum atomic E-state index is -4.87. The molecule has 13 heteroatoms. The van der Waals surface area contributed by atoms with Crippen LogP contribution in [-0.2, 0) is 21.0 Å². The van der Waals surface area contributed by atoms with Crippen molar-refractivity contribution >= 4 is 44.7 Å². The molecule has 0 saturated carbocycles. The number of aromatic nitrogens is 1. The molecule has 0 unspecified atom stereocenters. The number of pyridine rings is 1. The zero-order valence-corrected chi connectivity index (χ0v) is 20.9. The van der Waals surface area contributed by atoms with Gasteiger partial charge in [-0.05, 0) is 68.0 Å². The fraction of sp³-hybridized carbons (Fsp3) is 0.125. The van der Waals surface area contributed by atoms with Gasteiger partial charge < -0.3 is 10.1 Å². The van der Waals surface area contributed by atoms with E-state index in [0.29, 0.717) is 11.6 Å². The van der Waals surface area contributed by atoms with Crippen molar-refractivity contribution < 1.29 is 35.9 Å². The number of rotatable bonds is 8. The summed E-state index contributed by atoms with van der Waals surface area (Å²) in [6.07, 6.45) is -2.46. The maximum absolute atomic E-state index is 13.2. The Morgan fingerprint density at radius 1 is 1.11 bits per heavy atom. The van der Waals surface area contributed by atoms with Crippen molar-refractivity contribution in [1.29, 1.82) is 0 Å². The molecule has 1 heterocycles. The van der Waals surface area contributed by atoms with E-state index in [4.69, 9.17) is 16.3 Å². The molecule has 3 aromatic rings. The van der Waals surface area contributed by atoms with Gasteiger partial charge in [0.2, 0.25) is 11.8 Å². The van der Waals surface area contributed by atoms with Crippen LogP contribution in [0.2, 0.25) is 5.02 Å². The summed E-state index contributed by atoms with van der Waals surface area (Å²) in [6, 6.07) is 7.67. The monoisotopic (exact) mass is 553 g/mol. The fourth-order valence-electron chi connectivity index (χ4n) is 3.09. The summed E-state index contributed by atoms with van der Waals surface area (Å²) >= 11 is 5.59. The number of anilines is 2. The van der Waals surface area contributed by atoms with Crippen molar-refractivity contribution in [1.82, 2.24) is 4.98 Å². The third kappa shape index (κ3) is 6.66. The van der Waals surface area contributed by atoms with Gasteiger partial charge in [0.15, 0.2) is 5.78 Å². The van der Waals surface area contributed by atoms with Crippen LogP contribution in [0.3, 0.4) is 0 Å². The van der Waals surface area contributed by atoms with Crippen LogP contribution in [0.1, 0.15) is 28.4 Å². The quantitative estimate of drug-likeness (QED) is 0.262.